The molecule has 2 aliphatic rings. The van der Waals surface area contributed by atoms with E-state index in [2.05, 4.69) is 70.1 Å². The second kappa shape index (κ2) is 7.89. The molecule has 0 aliphatic carbocycles. The van der Waals surface area contributed by atoms with Crippen molar-refractivity contribution in [2.75, 3.05) is 31.6 Å². The highest BCUT2D eigenvalue weighted by Gasteiger charge is 2.38. The van der Waals surface area contributed by atoms with E-state index in [1.165, 1.54) is 11.8 Å². The highest BCUT2D eigenvalue weighted by Crippen LogP contribution is 2.35. The number of hydrogen-bond acceptors (Lipinski definition) is 5. The molecule has 34 heavy (non-hydrogen) atoms. The maximum absolute atomic E-state index is 15.2. The molecule has 0 amide bonds. The van der Waals surface area contributed by atoms with Gasteiger partial charge in [-0.05, 0) is 50.7 Å². The second-order valence-electron chi connectivity index (χ2n) is 9.85. The van der Waals surface area contributed by atoms with Crippen LogP contribution in [-0.4, -0.2) is 58.4 Å². The number of hydrogen-bond donors (Lipinski definition) is 1. The van der Waals surface area contributed by atoms with Crippen LogP contribution in [-0.2, 0) is 11.3 Å². The number of anilines is 1. The maximum Gasteiger partial charge on any atom is 0.132 e. The Kier molecular flexibility index (Phi) is 4.93. The van der Waals surface area contributed by atoms with E-state index in [0.717, 1.165) is 47.4 Å². The molecule has 4 heterocycles. The van der Waals surface area contributed by atoms with Crippen molar-refractivity contribution < 1.29 is 9.13 Å². The minimum atomic E-state index is -0.445. The summed E-state index contributed by atoms with van der Waals surface area (Å²) < 4.78 is 21.7. The van der Waals surface area contributed by atoms with Gasteiger partial charge in [-0.15, -0.1) is 0 Å². The number of nitrogens with zero attached hydrogens (tertiary/aromatic N) is 4. The van der Waals surface area contributed by atoms with Gasteiger partial charge >= 0.3 is 0 Å². The largest absolute Gasteiger partial charge is 0.369 e. The van der Waals surface area contributed by atoms with Crippen LogP contribution in [0.2, 0.25) is 0 Å². The fourth-order valence-corrected chi connectivity index (χ4v) is 5.32. The third-order valence-corrected chi connectivity index (χ3v) is 7.34. The highest BCUT2D eigenvalue weighted by atomic mass is 19.1. The minimum absolute atomic E-state index is 0.170. The fourth-order valence-electron chi connectivity index (χ4n) is 5.32. The van der Waals surface area contributed by atoms with Gasteiger partial charge in [0, 0.05) is 41.8 Å². The molecule has 0 saturated carbocycles. The lowest BCUT2D eigenvalue weighted by Crippen LogP contribution is -2.60. The zero-order valence-corrected chi connectivity index (χ0v) is 19.7. The molecule has 4 aromatic rings. The Hall–Kier alpha value is -3.29. The predicted octanol–water partition coefficient (Wildman–Crippen LogP) is 4.86. The van der Waals surface area contributed by atoms with Crippen LogP contribution in [0, 0.1) is 5.82 Å². The summed E-state index contributed by atoms with van der Waals surface area (Å²) in [6.07, 6.45) is 1.73. The van der Waals surface area contributed by atoms with Crippen LogP contribution in [0.3, 0.4) is 0 Å². The standard InChI is InChI=1S/C27H28FN5O/c1-27(2)24-15-33(11-10-32(24)3)19-8-4-6-17(12-19)26-20-13-22(29-14-23(20)30-31-26)25-18(16-34-27)7-5-9-21(25)28/h4-9,12-14,24H,10-11,15-16H2,1-3H3,(H,30,31). The summed E-state index contributed by atoms with van der Waals surface area (Å²) in [6.45, 7) is 7.28. The smallest absolute Gasteiger partial charge is 0.132 e. The van der Waals surface area contributed by atoms with Crippen molar-refractivity contribution in [2.24, 2.45) is 0 Å². The monoisotopic (exact) mass is 457 g/mol. The van der Waals surface area contributed by atoms with E-state index in [1.54, 1.807) is 12.3 Å². The first-order valence-electron chi connectivity index (χ1n) is 11.7. The topological polar surface area (TPSA) is 57.3 Å². The Labute approximate surface area is 198 Å². The average molecular weight is 458 g/mol. The molecule has 1 fully saturated rings. The van der Waals surface area contributed by atoms with Gasteiger partial charge in [0.25, 0.3) is 0 Å². The van der Waals surface area contributed by atoms with Gasteiger partial charge in [-0.2, -0.15) is 5.10 Å². The normalized spacial score (nSPS) is 20.1. The summed E-state index contributed by atoms with van der Waals surface area (Å²) >= 11 is 0. The average Bonchev–Trinajstić information content (AvgIpc) is 3.26. The number of aromatic nitrogens is 3. The van der Waals surface area contributed by atoms with Gasteiger partial charge in [0.05, 0.1) is 35.7 Å². The van der Waals surface area contributed by atoms with E-state index in [0.29, 0.717) is 17.9 Å². The van der Waals surface area contributed by atoms with Gasteiger partial charge in [-0.3, -0.25) is 15.0 Å². The van der Waals surface area contributed by atoms with Crippen molar-refractivity contribution in [3.8, 4) is 22.5 Å². The molecule has 1 saturated heterocycles. The molecule has 6 nitrogen and oxygen atoms in total. The zero-order valence-electron chi connectivity index (χ0n) is 19.7. The first-order chi connectivity index (χ1) is 16.4. The number of halogens is 1. The molecular weight excluding hydrogens is 429 g/mol. The Bertz CT molecular complexity index is 1380. The third kappa shape index (κ3) is 3.47. The number of H-pyrrole nitrogens is 1. The first-order valence-corrected chi connectivity index (χ1v) is 11.7. The Morgan fingerprint density at radius 3 is 2.85 bits per heavy atom. The number of rotatable bonds is 0. The molecule has 2 aromatic carbocycles. The second-order valence-corrected chi connectivity index (χ2v) is 9.85. The van der Waals surface area contributed by atoms with Crippen molar-refractivity contribution in [1.29, 1.82) is 0 Å². The highest BCUT2D eigenvalue weighted by molar-refractivity contribution is 5.95. The number of nitrogens with one attached hydrogen (secondary N) is 1. The van der Waals surface area contributed by atoms with Gasteiger partial charge in [-0.1, -0.05) is 24.3 Å². The van der Waals surface area contributed by atoms with Crippen molar-refractivity contribution in [2.45, 2.75) is 32.1 Å². The van der Waals surface area contributed by atoms with Gasteiger partial charge in [0.15, 0.2) is 0 Å². The lowest BCUT2D eigenvalue weighted by atomic mass is 9.94. The molecule has 6 bridgehead atoms. The van der Waals surface area contributed by atoms with Crippen LogP contribution in [0.15, 0.2) is 54.7 Å². The van der Waals surface area contributed by atoms with E-state index in [4.69, 9.17) is 4.74 Å². The lowest BCUT2D eigenvalue weighted by molar-refractivity contribution is -0.0845. The van der Waals surface area contributed by atoms with Crippen LogP contribution in [0.4, 0.5) is 10.1 Å². The van der Waals surface area contributed by atoms with Crippen LogP contribution in [0.1, 0.15) is 19.4 Å². The summed E-state index contributed by atoms with van der Waals surface area (Å²) in [5.74, 6) is -0.303. The van der Waals surface area contributed by atoms with Gasteiger partial charge in [0.2, 0.25) is 0 Å². The van der Waals surface area contributed by atoms with Crippen LogP contribution in [0.25, 0.3) is 33.4 Å². The van der Waals surface area contributed by atoms with Crippen molar-refractivity contribution in [1.82, 2.24) is 20.1 Å². The lowest BCUT2D eigenvalue weighted by Gasteiger charge is -2.47. The van der Waals surface area contributed by atoms with Crippen molar-refractivity contribution in [3.63, 3.8) is 0 Å². The molecule has 6 rings (SSSR count). The molecular formula is C27H28FN5O. The number of likely N-dealkylation sites (N-methyl/N-ethyl adjacent to an activating group) is 1. The van der Waals surface area contributed by atoms with E-state index >= 15 is 4.39 Å². The van der Waals surface area contributed by atoms with Gasteiger partial charge < -0.3 is 9.64 Å². The first kappa shape index (κ1) is 21.3. The number of ether oxygens (including phenoxy) is 1. The Balaban J connectivity index is 1.59. The number of aromatic amines is 1. The van der Waals surface area contributed by atoms with E-state index in [9.17, 15) is 0 Å². The molecule has 0 radical (unpaired) electrons. The van der Waals surface area contributed by atoms with Crippen LogP contribution < -0.4 is 4.90 Å². The molecule has 1 atom stereocenters. The molecule has 2 aliphatic heterocycles. The number of pyridine rings is 1. The fraction of sp³-hybridized carbons (Fsp3) is 0.333. The van der Waals surface area contributed by atoms with Crippen LogP contribution >= 0.6 is 0 Å². The summed E-state index contributed by atoms with van der Waals surface area (Å²) in [4.78, 5) is 9.37. The summed E-state index contributed by atoms with van der Waals surface area (Å²) in [5.41, 5.74) is 5.26. The van der Waals surface area contributed by atoms with Crippen molar-refractivity contribution in [3.05, 3.63) is 66.1 Å². The van der Waals surface area contributed by atoms with E-state index in [1.807, 2.05) is 12.1 Å². The molecule has 1 unspecified atom stereocenters. The summed E-state index contributed by atoms with van der Waals surface area (Å²) in [7, 11) is 2.15. The van der Waals surface area contributed by atoms with Gasteiger partial charge in [-0.25, -0.2) is 4.39 Å². The zero-order chi connectivity index (χ0) is 23.4. The Morgan fingerprint density at radius 1 is 1.12 bits per heavy atom. The minimum Gasteiger partial charge on any atom is -0.369 e. The van der Waals surface area contributed by atoms with Crippen molar-refractivity contribution >= 4 is 16.6 Å². The SMILES string of the molecule is CN1CCN2CC1C(C)(C)OCc1cccc(F)c1-c1cc3c(n[nH]c3cn1)-c1cccc2c1. The third-order valence-electron chi connectivity index (χ3n) is 7.34. The van der Waals surface area contributed by atoms with Crippen LogP contribution in [0.5, 0.6) is 0 Å². The summed E-state index contributed by atoms with van der Waals surface area (Å²) in [6, 6.07) is 15.8. The van der Waals surface area contributed by atoms with E-state index < -0.39 is 5.60 Å². The quantitative estimate of drug-likeness (QED) is 0.409. The van der Waals surface area contributed by atoms with Gasteiger partial charge in [0.1, 0.15) is 11.5 Å². The Morgan fingerprint density at radius 2 is 1.97 bits per heavy atom. The molecule has 7 heteroatoms. The predicted molar refractivity (Wildman–Crippen MR) is 132 cm³/mol. The molecule has 1 N–H and O–H groups in total. The number of fused-ring (bicyclic) bond motifs is 9. The summed E-state index contributed by atoms with van der Waals surface area (Å²) in [5, 5.41) is 8.62. The molecule has 0 spiro atoms. The number of benzene rings is 2. The van der Waals surface area contributed by atoms with E-state index in [-0.39, 0.29) is 11.9 Å². The number of piperazine rings is 1. The maximum atomic E-state index is 15.2. The molecule has 2 aromatic heterocycles. The molecule has 174 valence electrons.